The number of Topliss-reactive ketones (excluding diaryl/α,β-unsaturated/α-hetero) is 1. The van der Waals surface area contributed by atoms with E-state index >= 15 is 0 Å². The lowest BCUT2D eigenvalue weighted by Crippen LogP contribution is -2.22. The molecule has 0 aromatic heterocycles. The molecule has 0 aliphatic carbocycles. The number of rotatable bonds is 4. The maximum atomic E-state index is 11.0. The molecule has 0 bridgehead atoms. The first-order valence-corrected chi connectivity index (χ1v) is 3.77. The smallest absolute Gasteiger partial charge is 0.138 e. The number of aliphatic hydroxyl groups is 1. The molecule has 0 aromatic rings. The normalized spacial score (nSPS) is 13.7. The van der Waals surface area contributed by atoms with Crippen molar-refractivity contribution in [1.29, 1.82) is 0 Å². The summed E-state index contributed by atoms with van der Waals surface area (Å²) in [6, 6.07) is 0. The molecule has 0 aliphatic heterocycles. The van der Waals surface area contributed by atoms with Gasteiger partial charge in [-0.2, -0.15) is 0 Å². The molecule has 0 amide bonds. The highest BCUT2D eigenvalue weighted by atomic mass is 16.3. The predicted octanol–water partition coefficient (Wildman–Crippen LogP) is 1.23. The van der Waals surface area contributed by atoms with Crippen LogP contribution in [-0.2, 0) is 4.79 Å². The molecule has 1 unspecified atom stereocenters. The van der Waals surface area contributed by atoms with Crippen LogP contribution < -0.4 is 0 Å². The molecule has 0 spiro atoms. The van der Waals surface area contributed by atoms with Crippen molar-refractivity contribution in [1.82, 2.24) is 0 Å². The molecule has 1 N–H and O–H groups in total. The highest BCUT2D eigenvalue weighted by molar-refractivity contribution is 5.80. The quantitative estimate of drug-likeness (QED) is 0.644. The lowest BCUT2D eigenvalue weighted by Gasteiger charge is -2.15. The molecule has 0 aromatic carbocycles. The van der Waals surface area contributed by atoms with E-state index in [0.717, 1.165) is 0 Å². The van der Waals surface area contributed by atoms with Gasteiger partial charge in [0.05, 0.1) is 6.61 Å². The topological polar surface area (TPSA) is 37.3 Å². The minimum atomic E-state index is -0.148. The van der Waals surface area contributed by atoms with Gasteiger partial charge in [0.25, 0.3) is 0 Å². The number of carbonyl (C=O) groups is 1. The fourth-order valence-electron chi connectivity index (χ4n) is 0.947. The van der Waals surface area contributed by atoms with Crippen molar-refractivity contribution < 1.29 is 9.90 Å². The van der Waals surface area contributed by atoms with Gasteiger partial charge in [-0.25, -0.2) is 0 Å². The van der Waals surface area contributed by atoms with Crippen LogP contribution >= 0.6 is 0 Å². The third-order valence-electron chi connectivity index (χ3n) is 1.76. The van der Waals surface area contributed by atoms with Crippen molar-refractivity contribution in [2.75, 3.05) is 6.61 Å². The zero-order valence-corrected chi connectivity index (χ0v) is 6.92. The van der Waals surface area contributed by atoms with Crippen molar-refractivity contribution in [2.24, 2.45) is 11.8 Å². The molecule has 0 heterocycles. The molecule has 0 saturated heterocycles. The van der Waals surface area contributed by atoms with E-state index < -0.39 is 0 Å². The Labute approximate surface area is 62.2 Å². The van der Waals surface area contributed by atoms with E-state index in [2.05, 4.69) is 0 Å². The van der Waals surface area contributed by atoms with Crippen molar-refractivity contribution in [2.45, 2.75) is 27.2 Å². The van der Waals surface area contributed by atoms with Gasteiger partial charge < -0.3 is 5.11 Å². The van der Waals surface area contributed by atoms with Crippen molar-refractivity contribution in [3.05, 3.63) is 0 Å². The second kappa shape index (κ2) is 4.45. The van der Waals surface area contributed by atoms with Gasteiger partial charge in [0, 0.05) is 12.3 Å². The minimum Gasteiger partial charge on any atom is -0.396 e. The molecule has 2 nitrogen and oxygen atoms in total. The van der Waals surface area contributed by atoms with Crippen LogP contribution in [0.4, 0.5) is 0 Å². The molecule has 1 atom stereocenters. The molecule has 0 rings (SSSR count). The number of hydrogen-bond donors (Lipinski definition) is 1. The van der Waals surface area contributed by atoms with Crippen LogP contribution in [0.15, 0.2) is 0 Å². The SMILES string of the molecule is CCC(=O)C(CO)C(C)C. The van der Waals surface area contributed by atoms with Crippen molar-refractivity contribution in [3.8, 4) is 0 Å². The first kappa shape index (κ1) is 9.63. The number of hydrogen-bond acceptors (Lipinski definition) is 2. The van der Waals surface area contributed by atoms with Gasteiger partial charge in [-0.3, -0.25) is 4.79 Å². The van der Waals surface area contributed by atoms with E-state index in [9.17, 15) is 4.79 Å². The van der Waals surface area contributed by atoms with Gasteiger partial charge in [0.1, 0.15) is 5.78 Å². The standard InChI is InChI=1S/C8H16O2/c1-4-8(10)7(5-9)6(2)3/h6-7,9H,4-5H2,1-3H3. The van der Waals surface area contributed by atoms with Gasteiger partial charge >= 0.3 is 0 Å². The summed E-state index contributed by atoms with van der Waals surface area (Å²) in [6.07, 6.45) is 0.531. The Morgan fingerprint density at radius 2 is 2.00 bits per heavy atom. The van der Waals surface area contributed by atoms with Gasteiger partial charge in [-0.1, -0.05) is 20.8 Å². The molecule has 2 heteroatoms. The summed E-state index contributed by atoms with van der Waals surface area (Å²) >= 11 is 0. The second-order valence-corrected chi connectivity index (χ2v) is 2.85. The minimum absolute atomic E-state index is 0.00958. The van der Waals surface area contributed by atoms with Crippen LogP contribution in [0.1, 0.15) is 27.2 Å². The first-order chi connectivity index (χ1) is 4.63. The maximum Gasteiger partial charge on any atom is 0.138 e. The number of aliphatic hydroxyl groups excluding tert-OH is 1. The van der Waals surface area contributed by atoms with E-state index in [1.807, 2.05) is 20.8 Å². The Morgan fingerprint density at radius 3 is 2.10 bits per heavy atom. The van der Waals surface area contributed by atoms with Gasteiger partial charge in [0.2, 0.25) is 0 Å². The number of carbonyl (C=O) groups excluding carboxylic acids is 1. The second-order valence-electron chi connectivity index (χ2n) is 2.85. The fourth-order valence-corrected chi connectivity index (χ4v) is 0.947. The summed E-state index contributed by atoms with van der Waals surface area (Å²) in [4.78, 5) is 11.0. The summed E-state index contributed by atoms with van der Waals surface area (Å²) < 4.78 is 0. The average Bonchev–Trinajstić information content (AvgIpc) is 1.88. The summed E-state index contributed by atoms with van der Waals surface area (Å²) in [7, 11) is 0. The zero-order chi connectivity index (χ0) is 8.15. The molecule has 60 valence electrons. The Balaban J connectivity index is 3.93. The lowest BCUT2D eigenvalue weighted by atomic mass is 9.91. The lowest BCUT2D eigenvalue weighted by molar-refractivity contribution is -0.125. The Kier molecular flexibility index (Phi) is 4.28. The third kappa shape index (κ3) is 2.48. The van der Waals surface area contributed by atoms with E-state index in [1.165, 1.54) is 0 Å². The molecule has 10 heavy (non-hydrogen) atoms. The van der Waals surface area contributed by atoms with E-state index in [-0.39, 0.29) is 24.2 Å². The molecule has 0 fully saturated rings. The van der Waals surface area contributed by atoms with Crippen LogP contribution in [0, 0.1) is 11.8 Å². The molecular weight excluding hydrogens is 128 g/mol. The third-order valence-corrected chi connectivity index (χ3v) is 1.76. The summed E-state index contributed by atoms with van der Waals surface area (Å²) in [6.45, 7) is 5.72. The maximum absolute atomic E-state index is 11.0. The monoisotopic (exact) mass is 144 g/mol. The Hall–Kier alpha value is -0.370. The number of ketones is 1. The largest absolute Gasteiger partial charge is 0.396 e. The zero-order valence-electron chi connectivity index (χ0n) is 6.92. The first-order valence-electron chi connectivity index (χ1n) is 3.77. The van der Waals surface area contributed by atoms with Gasteiger partial charge in [0.15, 0.2) is 0 Å². The fraction of sp³-hybridized carbons (Fsp3) is 0.875. The molecular formula is C8H16O2. The molecule has 0 radical (unpaired) electrons. The summed E-state index contributed by atoms with van der Waals surface area (Å²) in [5.41, 5.74) is 0. The molecule has 0 aliphatic rings. The Bertz CT molecular complexity index is 108. The Morgan fingerprint density at radius 1 is 1.50 bits per heavy atom. The summed E-state index contributed by atoms with van der Waals surface area (Å²) in [5.74, 6) is 0.278. The van der Waals surface area contributed by atoms with E-state index in [0.29, 0.717) is 6.42 Å². The van der Waals surface area contributed by atoms with Crippen molar-refractivity contribution >= 4 is 5.78 Å². The van der Waals surface area contributed by atoms with E-state index in [1.54, 1.807) is 0 Å². The summed E-state index contributed by atoms with van der Waals surface area (Å²) in [5, 5.41) is 8.78. The highest BCUT2D eigenvalue weighted by Gasteiger charge is 2.18. The van der Waals surface area contributed by atoms with Crippen LogP contribution in [0.5, 0.6) is 0 Å². The van der Waals surface area contributed by atoms with Crippen LogP contribution in [-0.4, -0.2) is 17.5 Å². The van der Waals surface area contributed by atoms with E-state index in [4.69, 9.17) is 5.11 Å². The van der Waals surface area contributed by atoms with Crippen molar-refractivity contribution in [3.63, 3.8) is 0 Å². The molecule has 0 saturated carbocycles. The van der Waals surface area contributed by atoms with Crippen LogP contribution in [0.3, 0.4) is 0 Å². The predicted molar refractivity (Wildman–Crippen MR) is 40.7 cm³/mol. The van der Waals surface area contributed by atoms with Crippen LogP contribution in [0.2, 0.25) is 0 Å². The highest BCUT2D eigenvalue weighted by Crippen LogP contribution is 2.12. The average molecular weight is 144 g/mol. The van der Waals surface area contributed by atoms with Gasteiger partial charge in [-0.05, 0) is 5.92 Å². The van der Waals surface area contributed by atoms with Crippen LogP contribution in [0.25, 0.3) is 0 Å². The van der Waals surface area contributed by atoms with Gasteiger partial charge in [-0.15, -0.1) is 0 Å².